The topological polar surface area (TPSA) is 217 Å². The van der Waals surface area contributed by atoms with Gasteiger partial charge >= 0.3 is 0 Å². The van der Waals surface area contributed by atoms with Crippen molar-refractivity contribution in [2.75, 3.05) is 39.5 Å². The van der Waals surface area contributed by atoms with E-state index in [-0.39, 0.29) is 55.9 Å². The minimum atomic E-state index is -1.94. The number of nitrogens with zero attached hydrogens (tertiary/aromatic N) is 7. The van der Waals surface area contributed by atoms with Crippen LogP contribution in [-0.4, -0.2) is 99.6 Å². The summed E-state index contributed by atoms with van der Waals surface area (Å²) in [5.41, 5.74) is 1.95. The Morgan fingerprint density at radius 2 is 1.51 bits per heavy atom. The molecule has 6 atom stereocenters. The molecule has 1 aliphatic heterocycles. The van der Waals surface area contributed by atoms with E-state index in [1.165, 1.54) is 25.6 Å². The summed E-state index contributed by atoms with van der Waals surface area (Å²) in [5.74, 6) is 1.15. The molecule has 7 rings (SSSR count). The zero-order valence-electron chi connectivity index (χ0n) is 40.9. The van der Waals surface area contributed by atoms with Crippen molar-refractivity contribution in [2.45, 2.75) is 96.3 Å². The number of imidazole rings is 1. The van der Waals surface area contributed by atoms with Crippen LogP contribution in [0, 0.1) is 21.4 Å². The molecule has 71 heavy (non-hydrogen) atoms. The molecule has 4 aromatic carbocycles. The quantitative estimate of drug-likeness (QED) is 0.0149. The van der Waals surface area contributed by atoms with Crippen LogP contribution in [0.1, 0.15) is 82.5 Å². The number of carbonyl (C=O) groups is 1. The van der Waals surface area contributed by atoms with Gasteiger partial charge in [0.15, 0.2) is 23.2 Å². The van der Waals surface area contributed by atoms with Gasteiger partial charge < -0.3 is 42.8 Å². The molecule has 0 radical (unpaired) electrons. The minimum absolute atomic E-state index is 0.0707. The summed E-state index contributed by atoms with van der Waals surface area (Å²) >= 11 is 0. The van der Waals surface area contributed by atoms with Gasteiger partial charge in [-0.15, -0.1) is 0 Å². The molecule has 19 nitrogen and oxygen atoms in total. The van der Waals surface area contributed by atoms with Gasteiger partial charge in [0.25, 0.3) is 14.2 Å². The van der Waals surface area contributed by atoms with Crippen molar-refractivity contribution in [1.82, 2.24) is 24.2 Å². The van der Waals surface area contributed by atoms with Crippen LogP contribution in [0.15, 0.2) is 116 Å². The van der Waals surface area contributed by atoms with Gasteiger partial charge in [0.05, 0.1) is 62.8 Å². The first-order valence-electron chi connectivity index (χ1n) is 23.1. The zero-order valence-corrected chi connectivity index (χ0v) is 41.8. The number of benzene rings is 4. The predicted molar refractivity (Wildman–Crippen MR) is 264 cm³/mol. The summed E-state index contributed by atoms with van der Waals surface area (Å²) in [4.78, 5) is 37.4. The van der Waals surface area contributed by atoms with Crippen LogP contribution in [0.2, 0.25) is 0 Å². The van der Waals surface area contributed by atoms with E-state index in [9.17, 15) is 20.2 Å². The molecule has 20 heteroatoms. The average Bonchev–Trinajstić information content (AvgIpc) is 3.95. The molecule has 2 aromatic heterocycles. The Morgan fingerprint density at radius 1 is 0.887 bits per heavy atom. The number of nitro groups is 1. The molecule has 1 amide bonds. The number of ether oxygens (including phenoxy) is 6. The molecular formula is C51H59N8O11P. The van der Waals surface area contributed by atoms with Crippen molar-refractivity contribution in [2.24, 2.45) is 0 Å². The number of nitriles is 1. The number of hydrogen-bond acceptors (Lipinski definition) is 16. The Morgan fingerprint density at radius 3 is 2.10 bits per heavy atom. The van der Waals surface area contributed by atoms with E-state index < -0.39 is 49.7 Å². The second kappa shape index (κ2) is 24.1. The Kier molecular flexibility index (Phi) is 17.8. The number of para-hydroxylation sites is 1. The lowest BCUT2D eigenvalue weighted by Gasteiger charge is -2.39. The van der Waals surface area contributed by atoms with Crippen molar-refractivity contribution >= 4 is 37.1 Å². The fourth-order valence-corrected chi connectivity index (χ4v) is 10.4. The van der Waals surface area contributed by atoms with Gasteiger partial charge in [-0.05, 0) is 81.6 Å². The molecule has 1 fully saturated rings. The Balaban J connectivity index is 1.38. The number of amides is 1. The highest BCUT2D eigenvalue weighted by molar-refractivity contribution is 7.44. The smallest absolute Gasteiger partial charge is 0.275 e. The van der Waals surface area contributed by atoms with E-state index in [1.807, 2.05) is 107 Å². The van der Waals surface area contributed by atoms with Gasteiger partial charge in [0.1, 0.15) is 48.5 Å². The molecule has 0 spiro atoms. The Bertz CT molecular complexity index is 2680. The number of methoxy groups -OCH3 is 2. The van der Waals surface area contributed by atoms with Gasteiger partial charge in [0.2, 0.25) is 5.91 Å². The first kappa shape index (κ1) is 52.4. The molecule has 6 aromatic rings. The Hall–Kier alpha value is -6.46. The molecule has 0 bridgehead atoms. The first-order valence-corrected chi connectivity index (χ1v) is 24.2. The van der Waals surface area contributed by atoms with Crippen LogP contribution in [0.3, 0.4) is 0 Å². The maximum Gasteiger partial charge on any atom is 0.275 e. The molecule has 0 aliphatic carbocycles. The van der Waals surface area contributed by atoms with Crippen molar-refractivity contribution in [1.29, 1.82) is 5.26 Å². The number of nitrogens with one attached hydrogen (secondary N) is 1. The van der Waals surface area contributed by atoms with E-state index in [4.69, 9.17) is 37.5 Å². The van der Waals surface area contributed by atoms with Crippen LogP contribution >= 0.6 is 8.53 Å². The molecule has 1 saturated heterocycles. The summed E-state index contributed by atoms with van der Waals surface area (Å²) in [6.45, 7) is 10.8. The fourth-order valence-electron chi connectivity index (χ4n) is 8.65. The average molecular weight is 991 g/mol. The van der Waals surface area contributed by atoms with Gasteiger partial charge in [-0.25, -0.2) is 19.6 Å². The van der Waals surface area contributed by atoms with Crippen molar-refractivity contribution in [3.63, 3.8) is 0 Å². The number of nitro benzene ring substituents is 1. The van der Waals surface area contributed by atoms with Crippen LogP contribution < -0.4 is 14.8 Å². The van der Waals surface area contributed by atoms with Crippen LogP contribution in [-0.2, 0) is 38.4 Å². The number of aromatic nitrogens is 4. The molecule has 1 N–H and O–H groups in total. The Labute approximate surface area is 414 Å². The number of anilines is 1. The molecular weight excluding hydrogens is 932 g/mol. The van der Waals surface area contributed by atoms with Crippen LogP contribution in [0.25, 0.3) is 11.2 Å². The standard InChI is InChI=1S/C51H59N8O11P/c1-33(2)58(34(3)4)71(68-28-14-27-52)70-46-44(29-67-51(37-15-10-9-11-16-37,38-19-23-40(63-7)24-20-38)39-21-25-41(64-8)26-22-39)69-50(57-31-55-45-48(56-36(6)60)53-30-54-49(45)57)47(46)66-32-65-35(5)42-17-12-13-18-43(42)59(61)62/h9-13,15-26,30-31,33-35,44,46-47,50H,14,28-29,32H2,1-8H3,(H,53,54,56,60)/t35-,44-,46-,47-,50-,71?/m1/s1. The highest BCUT2D eigenvalue weighted by atomic mass is 31.2. The second-order valence-electron chi connectivity index (χ2n) is 17.1. The molecule has 3 heterocycles. The minimum Gasteiger partial charge on any atom is -0.497 e. The normalized spacial score (nSPS) is 17.9. The molecule has 374 valence electrons. The van der Waals surface area contributed by atoms with Gasteiger partial charge in [-0.3, -0.25) is 19.5 Å². The predicted octanol–water partition coefficient (Wildman–Crippen LogP) is 9.40. The lowest BCUT2D eigenvalue weighted by atomic mass is 9.80. The van der Waals surface area contributed by atoms with Gasteiger partial charge in [-0.1, -0.05) is 66.7 Å². The highest BCUT2D eigenvalue weighted by Gasteiger charge is 2.52. The van der Waals surface area contributed by atoms with Crippen molar-refractivity contribution in [3.05, 3.63) is 148 Å². The monoisotopic (exact) mass is 990 g/mol. The van der Waals surface area contributed by atoms with Crippen LogP contribution in [0.5, 0.6) is 11.5 Å². The molecule has 0 saturated carbocycles. The maximum absolute atomic E-state index is 12.3. The summed E-state index contributed by atoms with van der Waals surface area (Å²) < 4.78 is 56.4. The molecule has 1 unspecified atom stereocenters. The molecule has 1 aliphatic rings. The third-order valence-corrected chi connectivity index (χ3v) is 14.0. The SMILES string of the molecule is COc1ccc(C(OC[C@H]2O[C@@H](n3cnc4c(NC(C)=O)ncnc43)[C@H](OCO[C@H](C)c3ccccc3[N+](=O)[O-])[C@@H]2OP(OCCC#N)N(C(C)C)C(C)C)(c2ccccc2)c2ccc(OC)cc2)cc1. The van der Waals surface area contributed by atoms with E-state index in [0.717, 1.165) is 16.7 Å². The van der Waals surface area contributed by atoms with Crippen LogP contribution in [0.4, 0.5) is 11.5 Å². The number of carbonyl (C=O) groups excluding carboxylic acids is 1. The van der Waals surface area contributed by atoms with E-state index >= 15 is 0 Å². The van der Waals surface area contributed by atoms with E-state index in [1.54, 1.807) is 43.9 Å². The first-order chi connectivity index (χ1) is 34.3. The number of fused-ring (bicyclic) bond motifs is 1. The summed E-state index contributed by atoms with van der Waals surface area (Å²) in [6, 6.07) is 33.5. The third kappa shape index (κ3) is 11.8. The summed E-state index contributed by atoms with van der Waals surface area (Å²) in [6.07, 6.45) is -1.89. The maximum atomic E-state index is 12.3. The number of rotatable bonds is 24. The fraction of sp³-hybridized carbons (Fsp3) is 0.392. The summed E-state index contributed by atoms with van der Waals surface area (Å²) in [7, 11) is 1.28. The van der Waals surface area contributed by atoms with Gasteiger partial charge in [0, 0.05) is 25.1 Å². The largest absolute Gasteiger partial charge is 0.497 e. The van der Waals surface area contributed by atoms with Crippen molar-refractivity contribution in [3.8, 4) is 17.6 Å². The zero-order chi connectivity index (χ0) is 50.7. The van der Waals surface area contributed by atoms with E-state index in [2.05, 4.69) is 31.0 Å². The summed E-state index contributed by atoms with van der Waals surface area (Å²) in [5, 5.41) is 24.4. The van der Waals surface area contributed by atoms with Gasteiger partial charge in [-0.2, -0.15) is 5.26 Å². The lowest BCUT2D eigenvalue weighted by Crippen LogP contribution is -2.43. The second-order valence-corrected chi connectivity index (χ2v) is 18.5. The highest BCUT2D eigenvalue weighted by Crippen LogP contribution is 2.52. The lowest BCUT2D eigenvalue weighted by molar-refractivity contribution is -0.386. The van der Waals surface area contributed by atoms with Crippen molar-refractivity contribution < 1.29 is 47.2 Å². The number of hydrogen-bond donors (Lipinski definition) is 1. The third-order valence-electron chi connectivity index (χ3n) is 11.9. The van der Waals surface area contributed by atoms with E-state index in [0.29, 0.717) is 28.2 Å².